The van der Waals surface area contributed by atoms with Crippen molar-refractivity contribution in [3.8, 4) is 11.3 Å². The lowest BCUT2D eigenvalue weighted by molar-refractivity contribution is -0.150. The van der Waals surface area contributed by atoms with E-state index >= 15 is 0 Å². The Kier molecular flexibility index (Phi) is 4.56. The summed E-state index contributed by atoms with van der Waals surface area (Å²) in [5, 5.41) is 13.9. The first-order valence-electron chi connectivity index (χ1n) is 8.09. The fraction of sp³-hybridized carbons (Fsp3) is 0.389. The van der Waals surface area contributed by atoms with Crippen LogP contribution < -0.4 is 0 Å². The van der Waals surface area contributed by atoms with Crippen LogP contribution in [0.4, 0.5) is 0 Å². The molecule has 1 aromatic carbocycles. The van der Waals surface area contributed by atoms with Gasteiger partial charge in [0.1, 0.15) is 0 Å². The average Bonchev–Trinajstić information content (AvgIpc) is 3.23. The number of carboxylic acids is 1. The van der Waals surface area contributed by atoms with Crippen LogP contribution in [0.2, 0.25) is 5.02 Å². The normalized spacial score (nSPS) is 20.2. The zero-order valence-corrected chi connectivity index (χ0v) is 14.8. The zero-order valence-electron chi connectivity index (χ0n) is 14.0. The Balaban J connectivity index is 1.82. The first-order chi connectivity index (χ1) is 11.8. The molecule has 1 saturated heterocycles. The number of hydrogen-bond acceptors (Lipinski definition) is 4. The highest BCUT2D eigenvalue weighted by atomic mass is 35.5. The predicted molar refractivity (Wildman–Crippen MR) is 92.4 cm³/mol. The van der Waals surface area contributed by atoms with Gasteiger partial charge < -0.3 is 14.5 Å². The minimum absolute atomic E-state index is 0.0706. The van der Waals surface area contributed by atoms with Gasteiger partial charge in [-0.1, -0.05) is 42.7 Å². The highest BCUT2D eigenvalue weighted by Crippen LogP contribution is 2.39. The lowest BCUT2D eigenvalue weighted by atomic mass is 9.76. The SMILES string of the molecule is CC(C)C1(C(=O)O)CCN(C(=O)c2cc(-c3ccccc3Cl)on2)C1. The summed E-state index contributed by atoms with van der Waals surface area (Å²) in [5.74, 6) is -0.860. The lowest BCUT2D eigenvalue weighted by Crippen LogP contribution is -2.40. The van der Waals surface area contributed by atoms with Gasteiger partial charge in [0.25, 0.3) is 5.91 Å². The fourth-order valence-corrected chi connectivity index (χ4v) is 3.45. The topological polar surface area (TPSA) is 83.6 Å². The van der Waals surface area contributed by atoms with Crippen LogP contribution in [-0.4, -0.2) is 40.1 Å². The fourth-order valence-electron chi connectivity index (χ4n) is 3.23. The maximum absolute atomic E-state index is 12.7. The number of aliphatic carboxylic acids is 1. The second-order valence-electron chi connectivity index (χ2n) is 6.65. The van der Waals surface area contributed by atoms with Gasteiger partial charge in [-0.15, -0.1) is 0 Å². The van der Waals surface area contributed by atoms with Crippen LogP contribution >= 0.6 is 11.6 Å². The molecule has 1 N–H and O–H groups in total. The van der Waals surface area contributed by atoms with Crippen molar-refractivity contribution >= 4 is 23.5 Å². The maximum Gasteiger partial charge on any atom is 0.311 e. The summed E-state index contributed by atoms with van der Waals surface area (Å²) in [7, 11) is 0. The van der Waals surface area contributed by atoms with E-state index in [0.29, 0.717) is 29.3 Å². The Morgan fingerprint density at radius 3 is 2.68 bits per heavy atom. The van der Waals surface area contributed by atoms with Crippen molar-refractivity contribution in [1.82, 2.24) is 10.1 Å². The molecule has 7 heteroatoms. The lowest BCUT2D eigenvalue weighted by Gasteiger charge is -2.28. The van der Waals surface area contributed by atoms with Crippen LogP contribution in [-0.2, 0) is 4.79 Å². The van der Waals surface area contributed by atoms with Crippen molar-refractivity contribution < 1.29 is 19.2 Å². The van der Waals surface area contributed by atoms with E-state index in [-0.39, 0.29) is 24.1 Å². The molecule has 0 bridgehead atoms. The molecule has 2 heterocycles. The number of carboxylic acid groups (broad SMARTS) is 1. The van der Waals surface area contributed by atoms with Crippen molar-refractivity contribution in [3.05, 3.63) is 41.0 Å². The van der Waals surface area contributed by atoms with Crippen molar-refractivity contribution in [2.45, 2.75) is 20.3 Å². The van der Waals surface area contributed by atoms with Gasteiger partial charge in [0.05, 0.1) is 10.4 Å². The van der Waals surface area contributed by atoms with Gasteiger partial charge in [0.2, 0.25) is 0 Å². The molecule has 1 aliphatic rings. The standard InChI is InChI=1S/C18H19ClN2O4/c1-11(2)18(17(23)24)7-8-21(10-18)16(22)14-9-15(25-20-14)12-5-3-4-6-13(12)19/h3-6,9,11H,7-8,10H2,1-2H3,(H,23,24). The molecule has 0 saturated carbocycles. The number of amides is 1. The molecule has 1 aliphatic heterocycles. The molecular weight excluding hydrogens is 344 g/mol. The van der Waals surface area contributed by atoms with Crippen molar-refractivity contribution in [3.63, 3.8) is 0 Å². The second kappa shape index (κ2) is 6.52. The van der Waals surface area contributed by atoms with Crippen LogP contribution in [0, 0.1) is 11.3 Å². The number of carbonyl (C=O) groups is 2. The number of benzene rings is 1. The minimum atomic E-state index is -0.912. The molecular formula is C18H19ClN2O4. The van der Waals surface area contributed by atoms with Crippen LogP contribution in [0.15, 0.2) is 34.9 Å². The van der Waals surface area contributed by atoms with Crippen LogP contribution in [0.3, 0.4) is 0 Å². The smallest absolute Gasteiger partial charge is 0.311 e. The molecule has 0 aliphatic carbocycles. The third-order valence-electron chi connectivity index (χ3n) is 4.99. The van der Waals surface area contributed by atoms with Gasteiger partial charge in [-0.2, -0.15) is 0 Å². The Bertz CT molecular complexity index is 817. The summed E-state index contributed by atoms with van der Waals surface area (Å²) in [6, 6.07) is 8.66. The molecule has 1 unspecified atom stereocenters. The summed E-state index contributed by atoms with van der Waals surface area (Å²) in [4.78, 5) is 25.9. The van der Waals surface area contributed by atoms with Crippen LogP contribution in [0.1, 0.15) is 30.8 Å². The number of carbonyl (C=O) groups excluding carboxylic acids is 1. The number of rotatable bonds is 4. The van der Waals surface area contributed by atoms with E-state index in [4.69, 9.17) is 16.1 Å². The summed E-state index contributed by atoms with van der Waals surface area (Å²) < 4.78 is 5.26. The summed E-state index contributed by atoms with van der Waals surface area (Å²) in [5.41, 5.74) is -0.107. The van der Waals surface area contributed by atoms with Gasteiger partial charge in [0.15, 0.2) is 11.5 Å². The quantitative estimate of drug-likeness (QED) is 0.898. The third kappa shape index (κ3) is 3.02. The highest BCUT2D eigenvalue weighted by Gasteiger charge is 2.48. The Hall–Kier alpha value is -2.34. The van der Waals surface area contributed by atoms with Crippen molar-refractivity contribution in [1.29, 1.82) is 0 Å². The molecule has 132 valence electrons. The maximum atomic E-state index is 12.7. The first kappa shape index (κ1) is 17.5. The monoisotopic (exact) mass is 362 g/mol. The highest BCUT2D eigenvalue weighted by molar-refractivity contribution is 6.33. The number of aromatic nitrogens is 1. The van der Waals surface area contributed by atoms with E-state index in [0.717, 1.165) is 0 Å². The summed E-state index contributed by atoms with van der Waals surface area (Å²) in [6.07, 6.45) is 0.432. The molecule has 6 nitrogen and oxygen atoms in total. The average molecular weight is 363 g/mol. The molecule has 25 heavy (non-hydrogen) atoms. The van der Waals surface area contributed by atoms with Gasteiger partial charge in [-0.05, 0) is 24.5 Å². The van der Waals surface area contributed by atoms with E-state index in [1.165, 1.54) is 4.90 Å². The molecule has 2 aromatic rings. The summed E-state index contributed by atoms with van der Waals surface area (Å²) >= 11 is 6.13. The van der Waals surface area contributed by atoms with E-state index in [2.05, 4.69) is 5.16 Å². The van der Waals surface area contributed by atoms with Gasteiger partial charge >= 0.3 is 5.97 Å². The number of hydrogen-bond donors (Lipinski definition) is 1. The van der Waals surface area contributed by atoms with Gasteiger partial charge in [-0.25, -0.2) is 0 Å². The number of halogens is 1. The molecule has 0 radical (unpaired) electrons. The largest absolute Gasteiger partial charge is 0.481 e. The number of nitrogens with zero attached hydrogens (tertiary/aromatic N) is 2. The molecule has 1 amide bonds. The van der Waals surface area contributed by atoms with Crippen LogP contribution in [0.25, 0.3) is 11.3 Å². The van der Waals surface area contributed by atoms with E-state index in [1.807, 2.05) is 19.9 Å². The molecule has 3 rings (SSSR count). The summed E-state index contributed by atoms with van der Waals surface area (Å²) in [6.45, 7) is 4.30. The van der Waals surface area contributed by atoms with Gasteiger partial charge in [0, 0.05) is 24.7 Å². The Morgan fingerprint density at radius 2 is 2.08 bits per heavy atom. The zero-order chi connectivity index (χ0) is 18.2. The van der Waals surface area contributed by atoms with E-state index < -0.39 is 11.4 Å². The first-order valence-corrected chi connectivity index (χ1v) is 8.47. The van der Waals surface area contributed by atoms with Crippen molar-refractivity contribution in [2.24, 2.45) is 11.3 Å². The van der Waals surface area contributed by atoms with E-state index in [9.17, 15) is 14.7 Å². The van der Waals surface area contributed by atoms with Gasteiger partial charge in [-0.3, -0.25) is 9.59 Å². The predicted octanol–water partition coefficient (Wildman–Crippen LogP) is 3.57. The molecule has 1 atom stereocenters. The van der Waals surface area contributed by atoms with E-state index in [1.54, 1.807) is 24.3 Å². The third-order valence-corrected chi connectivity index (χ3v) is 5.32. The molecule has 1 fully saturated rings. The minimum Gasteiger partial charge on any atom is -0.481 e. The molecule has 0 spiro atoms. The Labute approximate surface area is 150 Å². The molecule has 1 aromatic heterocycles. The Morgan fingerprint density at radius 1 is 1.36 bits per heavy atom. The van der Waals surface area contributed by atoms with Crippen LogP contribution in [0.5, 0.6) is 0 Å². The number of likely N-dealkylation sites (tertiary alicyclic amines) is 1. The second-order valence-corrected chi connectivity index (χ2v) is 7.06. The van der Waals surface area contributed by atoms with Crippen molar-refractivity contribution in [2.75, 3.05) is 13.1 Å².